The monoisotopic (exact) mass is 535 g/mol. The predicted molar refractivity (Wildman–Crippen MR) is 141 cm³/mol. The van der Waals surface area contributed by atoms with Crippen molar-refractivity contribution in [1.29, 1.82) is 0 Å². The molecule has 0 aromatic heterocycles. The van der Waals surface area contributed by atoms with E-state index in [1.165, 1.54) is 0 Å². The summed E-state index contributed by atoms with van der Waals surface area (Å²) < 4.78 is 0. The molecular formula is C25H41N7O6. The second-order valence-electron chi connectivity index (χ2n) is 9.06. The maximum Gasteiger partial charge on any atom is 0.326 e. The lowest BCUT2D eigenvalue weighted by Crippen LogP contribution is -2.57. The summed E-state index contributed by atoms with van der Waals surface area (Å²) >= 11 is 0. The highest BCUT2D eigenvalue weighted by molar-refractivity contribution is 5.96. The Kier molecular flexibility index (Phi) is 15.2. The van der Waals surface area contributed by atoms with E-state index < -0.39 is 60.2 Å². The van der Waals surface area contributed by atoms with E-state index in [9.17, 15) is 29.1 Å². The number of carbonyl (C=O) groups is 5. The molecule has 212 valence electrons. The smallest absolute Gasteiger partial charge is 0.326 e. The second-order valence-corrected chi connectivity index (χ2v) is 9.06. The van der Waals surface area contributed by atoms with Crippen LogP contribution in [0.25, 0.3) is 0 Å². The zero-order valence-electron chi connectivity index (χ0n) is 21.6. The van der Waals surface area contributed by atoms with Gasteiger partial charge in [0.2, 0.25) is 23.6 Å². The predicted octanol–water partition coefficient (Wildman–Crippen LogP) is -1.77. The molecule has 4 atom stereocenters. The van der Waals surface area contributed by atoms with E-state index in [1.54, 1.807) is 30.3 Å². The molecule has 1 aromatic carbocycles. The molecule has 38 heavy (non-hydrogen) atoms. The van der Waals surface area contributed by atoms with Crippen LogP contribution in [0.5, 0.6) is 0 Å². The molecule has 0 bridgehead atoms. The van der Waals surface area contributed by atoms with Gasteiger partial charge in [0, 0.05) is 6.42 Å². The van der Waals surface area contributed by atoms with Crippen molar-refractivity contribution in [1.82, 2.24) is 16.0 Å². The van der Waals surface area contributed by atoms with Crippen LogP contribution in [0.3, 0.4) is 0 Å². The van der Waals surface area contributed by atoms with Crippen molar-refractivity contribution >= 4 is 29.6 Å². The first kappa shape index (κ1) is 32.5. The Hall–Kier alpha value is -3.55. The number of aliphatic carboxylic acids is 1. The minimum absolute atomic E-state index is 0.0355. The number of hydrogen-bond donors (Lipinski definition) is 8. The van der Waals surface area contributed by atoms with E-state index >= 15 is 0 Å². The minimum atomic E-state index is -1.37. The van der Waals surface area contributed by atoms with Crippen LogP contribution in [0.4, 0.5) is 0 Å². The van der Waals surface area contributed by atoms with Crippen LogP contribution < -0.4 is 38.9 Å². The average molecular weight is 536 g/mol. The Balaban J connectivity index is 2.97. The topological polar surface area (TPSA) is 246 Å². The van der Waals surface area contributed by atoms with Crippen molar-refractivity contribution in [3.05, 3.63) is 35.9 Å². The van der Waals surface area contributed by atoms with Crippen LogP contribution in [0, 0.1) is 0 Å². The average Bonchev–Trinajstić information content (AvgIpc) is 2.87. The highest BCUT2D eigenvalue weighted by Gasteiger charge is 2.31. The van der Waals surface area contributed by atoms with Gasteiger partial charge in [-0.15, -0.1) is 0 Å². The van der Waals surface area contributed by atoms with Gasteiger partial charge in [0.25, 0.3) is 0 Å². The Morgan fingerprint density at radius 1 is 0.737 bits per heavy atom. The Morgan fingerprint density at radius 3 is 1.82 bits per heavy atom. The summed E-state index contributed by atoms with van der Waals surface area (Å²) in [6.45, 7) is 0.805. The largest absolute Gasteiger partial charge is 0.480 e. The molecule has 0 aliphatic carbocycles. The lowest BCUT2D eigenvalue weighted by Gasteiger charge is -2.25. The van der Waals surface area contributed by atoms with Crippen molar-refractivity contribution in [2.45, 2.75) is 75.5 Å². The maximum absolute atomic E-state index is 13.1. The van der Waals surface area contributed by atoms with E-state index in [0.717, 1.165) is 0 Å². The molecule has 0 saturated heterocycles. The third-order valence-corrected chi connectivity index (χ3v) is 5.82. The molecule has 0 radical (unpaired) electrons. The van der Waals surface area contributed by atoms with Crippen LogP contribution in [0.15, 0.2) is 30.3 Å². The van der Waals surface area contributed by atoms with Gasteiger partial charge < -0.3 is 44.0 Å². The van der Waals surface area contributed by atoms with Crippen LogP contribution in [0.1, 0.15) is 50.5 Å². The van der Waals surface area contributed by atoms with Crippen molar-refractivity contribution in [2.24, 2.45) is 22.9 Å². The van der Waals surface area contributed by atoms with Crippen molar-refractivity contribution in [3.8, 4) is 0 Å². The van der Waals surface area contributed by atoms with Crippen molar-refractivity contribution < 1.29 is 29.1 Å². The molecule has 4 unspecified atom stereocenters. The molecule has 0 aliphatic heterocycles. The molecule has 0 heterocycles. The van der Waals surface area contributed by atoms with Crippen molar-refractivity contribution in [3.63, 3.8) is 0 Å². The summed E-state index contributed by atoms with van der Waals surface area (Å²) in [4.78, 5) is 62.0. The fourth-order valence-electron chi connectivity index (χ4n) is 3.69. The summed E-state index contributed by atoms with van der Waals surface area (Å²) in [5.74, 6) is -4.28. The number of carboxylic acid groups (broad SMARTS) is 1. The van der Waals surface area contributed by atoms with Gasteiger partial charge in [-0.05, 0) is 50.8 Å². The third-order valence-electron chi connectivity index (χ3n) is 5.82. The fourth-order valence-corrected chi connectivity index (χ4v) is 3.69. The van der Waals surface area contributed by atoms with Gasteiger partial charge in [0.05, 0.1) is 12.5 Å². The van der Waals surface area contributed by atoms with Crippen LogP contribution in [-0.2, 0) is 30.4 Å². The van der Waals surface area contributed by atoms with Gasteiger partial charge in [0.15, 0.2) is 0 Å². The van der Waals surface area contributed by atoms with E-state index in [4.69, 9.17) is 22.9 Å². The van der Waals surface area contributed by atoms with Crippen molar-refractivity contribution in [2.75, 3.05) is 13.1 Å². The molecule has 13 heteroatoms. The van der Waals surface area contributed by atoms with E-state index in [-0.39, 0.29) is 12.8 Å². The summed E-state index contributed by atoms with van der Waals surface area (Å²) in [6.07, 6.45) is 2.31. The number of carbonyl (C=O) groups excluding carboxylic acids is 4. The molecule has 1 rings (SSSR count). The summed E-state index contributed by atoms with van der Waals surface area (Å²) in [5, 5.41) is 17.1. The zero-order valence-corrected chi connectivity index (χ0v) is 21.6. The van der Waals surface area contributed by atoms with E-state index in [1.807, 2.05) is 0 Å². The van der Waals surface area contributed by atoms with E-state index in [2.05, 4.69) is 16.0 Å². The standard InChI is InChI=1S/C25H41N7O6/c26-12-6-4-10-17(28)22(34)31-19(15-21(29)33)24(36)30-18(11-5-7-13-27)23(35)32-20(25(37)38)14-16-8-2-1-3-9-16/h1-3,8-9,17-20H,4-7,10-15,26-28H2,(H2,29,33)(H,30,36)(H,31,34)(H,32,35)(H,37,38). The first-order valence-corrected chi connectivity index (χ1v) is 12.7. The minimum Gasteiger partial charge on any atom is -0.480 e. The number of nitrogens with one attached hydrogen (secondary N) is 3. The molecule has 0 fully saturated rings. The number of nitrogens with two attached hydrogens (primary N) is 4. The summed E-state index contributed by atoms with van der Waals surface area (Å²) in [5.41, 5.74) is 22.8. The molecule has 0 saturated carbocycles. The number of carboxylic acids is 1. The van der Waals surface area contributed by atoms with Crippen LogP contribution >= 0.6 is 0 Å². The van der Waals surface area contributed by atoms with Gasteiger partial charge in [-0.25, -0.2) is 4.79 Å². The summed E-state index contributed by atoms with van der Waals surface area (Å²) in [6, 6.07) is 4.08. The number of unbranched alkanes of at least 4 members (excludes halogenated alkanes) is 2. The normalized spacial score (nSPS) is 14.0. The number of benzene rings is 1. The van der Waals surface area contributed by atoms with Gasteiger partial charge in [-0.2, -0.15) is 0 Å². The Bertz CT molecular complexity index is 915. The molecular weight excluding hydrogens is 494 g/mol. The van der Waals surface area contributed by atoms with E-state index in [0.29, 0.717) is 50.8 Å². The highest BCUT2D eigenvalue weighted by atomic mass is 16.4. The second kappa shape index (κ2) is 17.8. The van der Waals surface area contributed by atoms with Gasteiger partial charge in [-0.1, -0.05) is 36.8 Å². The lowest BCUT2D eigenvalue weighted by atomic mass is 10.0. The maximum atomic E-state index is 13.1. The quantitative estimate of drug-likeness (QED) is 0.0932. The molecule has 12 N–H and O–H groups in total. The van der Waals surface area contributed by atoms with Gasteiger partial charge in [-0.3, -0.25) is 19.2 Å². The van der Waals surface area contributed by atoms with Crippen LogP contribution in [0.2, 0.25) is 0 Å². The highest BCUT2D eigenvalue weighted by Crippen LogP contribution is 2.07. The number of rotatable bonds is 19. The Morgan fingerprint density at radius 2 is 1.26 bits per heavy atom. The Labute approximate surface area is 222 Å². The van der Waals surface area contributed by atoms with Gasteiger partial charge in [0.1, 0.15) is 18.1 Å². The lowest BCUT2D eigenvalue weighted by molar-refractivity contribution is -0.142. The number of primary amides is 1. The molecule has 4 amide bonds. The molecule has 0 spiro atoms. The molecule has 1 aromatic rings. The molecule has 0 aliphatic rings. The number of amides is 4. The van der Waals surface area contributed by atoms with Crippen LogP contribution in [-0.4, -0.2) is 72.0 Å². The van der Waals surface area contributed by atoms with Gasteiger partial charge >= 0.3 is 5.97 Å². The first-order valence-electron chi connectivity index (χ1n) is 12.7. The SMILES string of the molecule is NCCCCC(N)C(=O)NC(CC(N)=O)C(=O)NC(CCCCN)C(=O)NC(Cc1ccccc1)C(=O)O. The zero-order chi connectivity index (χ0) is 28.5. The summed E-state index contributed by atoms with van der Waals surface area (Å²) in [7, 11) is 0. The first-order chi connectivity index (χ1) is 18.1. The third kappa shape index (κ3) is 12.6. The fraction of sp³-hybridized carbons (Fsp3) is 0.560. The molecule has 13 nitrogen and oxygen atoms in total. The number of hydrogen-bond acceptors (Lipinski definition) is 8.